The lowest BCUT2D eigenvalue weighted by Crippen LogP contribution is -2.29. The lowest BCUT2D eigenvalue weighted by molar-refractivity contribution is 0.0141. The van der Waals surface area contributed by atoms with Crippen LogP contribution in [0.25, 0.3) is 0 Å². The van der Waals surface area contributed by atoms with Gasteiger partial charge in [0.2, 0.25) is 0 Å². The highest BCUT2D eigenvalue weighted by Crippen LogP contribution is 2.08. The molecular formula is C9H19F2NO. The van der Waals surface area contributed by atoms with Gasteiger partial charge in [0.05, 0.1) is 0 Å². The molecule has 0 fully saturated rings. The molecule has 0 bridgehead atoms. The van der Waals surface area contributed by atoms with E-state index in [1.807, 2.05) is 0 Å². The van der Waals surface area contributed by atoms with Crippen LogP contribution in [0.1, 0.15) is 26.7 Å². The van der Waals surface area contributed by atoms with Gasteiger partial charge in [-0.25, -0.2) is 8.78 Å². The second-order valence-electron chi connectivity index (χ2n) is 3.30. The average molecular weight is 195 g/mol. The van der Waals surface area contributed by atoms with E-state index in [0.29, 0.717) is 18.9 Å². The topological polar surface area (TPSA) is 35.2 Å². The van der Waals surface area contributed by atoms with Gasteiger partial charge in [-0.2, -0.15) is 0 Å². The summed E-state index contributed by atoms with van der Waals surface area (Å²) >= 11 is 0. The lowest BCUT2D eigenvalue weighted by Gasteiger charge is -2.17. The highest BCUT2D eigenvalue weighted by Gasteiger charge is 2.10. The highest BCUT2D eigenvalue weighted by atomic mass is 19.3. The molecule has 13 heavy (non-hydrogen) atoms. The van der Waals surface area contributed by atoms with Crippen LogP contribution in [0.5, 0.6) is 0 Å². The van der Waals surface area contributed by atoms with Crippen molar-refractivity contribution in [3.63, 3.8) is 0 Å². The smallest absolute Gasteiger partial charge is 0.261 e. The zero-order valence-electron chi connectivity index (χ0n) is 8.30. The molecule has 80 valence electrons. The molecule has 0 aliphatic carbocycles. The quantitative estimate of drug-likeness (QED) is 0.631. The Labute approximate surface area is 78.4 Å². The molecule has 0 aromatic rings. The zero-order chi connectivity index (χ0) is 10.3. The van der Waals surface area contributed by atoms with E-state index in [0.717, 1.165) is 6.42 Å². The maximum atomic E-state index is 11.6. The van der Waals surface area contributed by atoms with Gasteiger partial charge in [0.15, 0.2) is 0 Å². The van der Waals surface area contributed by atoms with Crippen LogP contribution >= 0.6 is 0 Å². The molecule has 0 saturated carbocycles. The molecular weight excluding hydrogens is 176 g/mol. The van der Waals surface area contributed by atoms with Gasteiger partial charge >= 0.3 is 0 Å². The molecule has 0 heterocycles. The number of halogens is 2. The molecule has 2 N–H and O–H groups in total. The summed E-state index contributed by atoms with van der Waals surface area (Å²) in [6.45, 7) is 3.96. The van der Waals surface area contributed by atoms with Crippen molar-refractivity contribution in [3.05, 3.63) is 0 Å². The van der Waals surface area contributed by atoms with E-state index in [1.54, 1.807) is 0 Å². The molecule has 0 saturated heterocycles. The summed E-state index contributed by atoms with van der Waals surface area (Å²) in [7, 11) is 0. The molecule has 2 unspecified atom stereocenters. The van der Waals surface area contributed by atoms with Crippen LogP contribution in [0.2, 0.25) is 0 Å². The number of nitrogens with two attached hydrogens (primary N) is 1. The molecule has 2 nitrogen and oxygen atoms in total. The maximum Gasteiger partial charge on any atom is 0.261 e. The van der Waals surface area contributed by atoms with Crippen molar-refractivity contribution in [2.45, 2.75) is 39.2 Å². The molecule has 0 aliphatic heterocycles. The van der Waals surface area contributed by atoms with Crippen molar-refractivity contribution in [2.24, 2.45) is 11.7 Å². The number of ether oxygens (including phenoxy) is 1. The maximum absolute atomic E-state index is 11.6. The van der Waals surface area contributed by atoms with Gasteiger partial charge in [-0.1, -0.05) is 20.3 Å². The Morgan fingerprint density at radius 1 is 1.38 bits per heavy atom. The van der Waals surface area contributed by atoms with Gasteiger partial charge in [0.1, 0.15) is 6.61 Å². The molecule has 2 atom stereocenters. The van der Waals surface area contributed by atoms with Crippen LogP contribution in [-0.4, -0.2) is 25.7 Å². The van der Waals surface area contributed by atoms with E-state index >= 15 is 0 Å². The van der Waals surface area contributed by atoms with Crippen molar-refractivity contribution in [1.29, 1.82) is 0 Å². The number of rotatable bonds is 7. The van der Waals surface area contributed by atoms with Crippen LogP contribution in [-0.2, 0) is 4.74 Å². The van der Waals surface area contributed by atoms with Gasteiger partial charge < -0.3 is 10.5 Å². The van der Waals surface area contributed by atoms with Gasteiger partial charge in [0, 0.05) is 12.6 Å². The first-order valence-corrected chi connectivity index (χ1v) is 4.69. The van der Waals surface area contributed by atoms with Gasteiger partial charge in [-0.05, 0) is 12.3 Å². The fraction of sp³-hybridized carbons (Fsp3) is 1.00. The Morgan fingerprint density at radius 3 is 2.46 bits per heavy atom. The standard InChI is InChI=1S/C9H19F2NO/c1-3-7(2)8(12)4-5-13-6-9(10)11/h7-9H,3-6,12H2,1-2H3. The molecule has 0 rings (SSSR count). The molecule has 0 aromatic carbocycles. The number of hydrogen-bond acceptors (Lipinski definition) is 2. The first-order chi connectivity index (χ1) is 6.07. The molecule has 0 radical (unpaired) electrons. The largest absolute Gasteiger partial charge is 0.375 e. The fourth-order valence-electron chi connectivity index (χ4n) is 0.979. The summed E-state index contributed by atoms with van der Waals surface area (Å²) in [5.74, 6) is 0.426. The average Bonchev–Trinajstić information content (AvgIpc) is 2.10. The number of hydrogen-bond donors (Lipinski definition) is 1. The summed E-state index contributed by atoms with van der Waals surface area (Å²) in [6, 6.07) is 0.0580. The van der Waals surface area contributed by atoms with Gasteiger partial charge in [0.25, 0.3) is 6.43 Å². The SMILES string of the molecule is CCC(C)C(N)CCOCC(F)F. The molecule has 0 spiro atoms. The Morgan fingerprint density at radius 2 is 2.00 bits per heavy atom. The fourth-order valence-corrected chi connectivity index (χ4v) is 0.979. The van der Waals surface area contributed by atoms with Crippen LogP contribution in [0.15, 0.2) is 0 Å². The van der Waals surface area contributed by atoms with E-state index < -0.39 is 13.0 Å². The second-order valence-corrected chi connectivity index (χ2v) is 3.30. The first kappa shape index (κ1) is 12.8. The van der Waals surface area contributed by atoms with Crippen LogP contribution in [0.3, 0.4) is 0 Å². The Bertz CT molecular complexity index is 122. The second kappa shape index (κ2) is 7.21. The summed E-state index contributed by atoms with van der Waals surface area (Å²) in [5, 5.41) is 0. The molecule has 0 aromatic heterocycles. The van der Waals surface area contributed by atoms with Crippen LogP contribution < -0.4 is 5.73 Å². The predicted octanol–water partition coefficient (Wildman–Crippen LogP) is 2.03. The molecule has 0 amide bonds. The third-order valence-electron chi connectivity index (χ3n) is 2.21. The van der Waals surface area contributed by atoms with Crippen molar-refractivity contribution in [2.75, 3.05) is 13.2 Å². The van der Waals surface area contributed by atoms with E-state index in [9.17, 15) is 8.78 Å². The third kappa shape index (κ3) is 6.90. The monoisotopic (exact) mass is 195 g/mol. The van der Waals surface area contributed by atoms with Gasteiger partial charge in [-0.15, -0.1) is 0 Å². The molecule has 0 aliphatic rings. The van der Waals surface area contributed by atoms with Crippen LogP contribution in [0, 0.1) is 5.92 Å². The van der Waals surface area contributed by atoms with Crippen molar-refractivity contribution < 1.29 is 13.5 Å². The summed E-state index contributed by atoms with van der Waals surface area (Å²) in [5.41, 5.74) is 5.78. The first-order valence-electron chi connectivity index (χ1n) is 4.69. The lowest BCUT2D eigenvalue weighted by atomic mass is 9.98. The Hall–Kier alpha value is -0.220. The minimum atomic E-state index is -2.38. The van der Waals surface area contributed by atoms with Gasteiger partial charge in [-0.3, -0.25) is 0 Å². The summed E-state index contributed by atoms with van der Waals surface area (Å²) in [6.07, 6.45) is -0.711. The summed E-state index contributed by atoms with van der Waals surface area (Å²) in [4.78, 5) is 0. The van der Waals surface area contributed by atoms with E-state index in [4.69, 9.17) is 10.5 Å². The predicted molar refractivity (Wildman–Crippen MR) is 48.9 cm³/mol. The zero-order valence-corrected chi connectivity index (χ0v) is 8.30. The highest BCUT2D eigenvalue weighted by molar-refractivity contribution is 4.67. The van der Waals surface area contributed by atoms with Crippen molar-refractivity contribution in [1.82, 2.24) is 0 Å². The van der Waals surface area contributed by atoms with E-state index in [2.05, 4.69) is 13.8 Å². The Kier molecular flexibility index (Phi) is 7.09. The van der Waals surface area contributed by atoms with Crippen molar-refractivity contribution >= 4 is 0 Å². The van der Waals surface area contributed by atoms with E-state index in [1.165, 1.54) is 0 Å². The Balaban J connectivity index is 3.31. The minimum Gasteiger partial charge on any atom is -0.375 e. The molecule has 4 heteroatoms. The van der Waals surface area contributed by atoms with Crippen molar-refractivity contribution in [3.8, 4) is 0 Å². The minimum absolute atomic E-state index is 0.0580. The van der Waals surface area contributed by atoms with E-state index in [-0.39, 0.29) is 6.04 Å². The third-order valence-corrected chi connectivity index (χ3v) is 2.21. The normalized spacial score (nSPS) is 16.2. The summed E-state index contributed by atoms with van der Waals surface area (Å²) < 4.78 is 28.0. The number of alkyl halides is 2. The van der Waals surface area contributed by atoms with Crippen LogP contribution in [0.4, 0.5) is 8.78 Å².